The van der Waals surface area contributed by atoms with Crippen molar-refractivity contribution in [2.24, 2.45) is 11.8 Å². The fraction of sp³-hybridized carbons (Fsp3) is 0.417. The number of amides is 2. The molecule has 2 amide bonds. The van der Waals surface area contributed by atoms with E-state index >= 15 is 0 Å². The molecule has 0 bridgehead atoms. The first-order valence-electron chi connectivity index (χ1n) is 11.3. The number of carbonyl (C=O) groups excluding carboxylic acids is 2. The number of benzene rings is 2. The Morgan fingerprint density at radius 2 is 1.91 bits per heavy atom. The molecule has 8 nitrogen and oxygen atoms in total. The second-order valence-corrected chi connectivity index (χ2v) is 9.33. The van der Waals surface area contributed by atoms with Crippen LogP contribution in [-0.4, -0.2) is 36.1 Å². The fourth-order valence-corrected chi connectivity index (χ4v) is 5.28. The Kier molecular flexibility index (Phi) is 6.25. The SMILES string of the molecule is COc1ccc(C2NNN3C4CC(C(=O)NCc5ccc(Cl)cc5)CCC4C(=O)NC23)cc1. The molecule has 5 atom stereocenters. The number of nitrogens with one attached hydrogen (secondary N) is 4. The summed E-state index contributed by atoms with van der Waals surface area (Å²) >= 11 is 5.94. The van der Waals surface area contributed by atoms with Gasteiger partial charge in [0.15, 0.2) is 0 Å². The molecule has 9 heteroatoms. The van der Waals surface area contributed by atoms with Gasteiger partial charge in [-0.1, -0.05) is 35.9 Å². The molecule has 5 unspecified atom stereocenters. The average molecular weight is 470 g/mol. The van der Waals surface area contributed by atoms with Crippen molar-refractivity contribution in [1.29, 1.82) is 0 Å². The number of nitrogens with zero attached hydrogens (tertiary/aromatic N) is 1. The third-order valence-corrected chi connectivity index (χ3v) is 7.24. The first kappa shape index (κ1) is 22.2. The van der Waals surface area contributed by atoms with Crippen LogP contribution in [0.3, 0.4) is 0 Å². The molecule has 33 heavy (non-hydrogen) atoms. The second kappa shape index (κ2) is 9.30. The van der Waals surface area contributed by atoms with E-state index in [2.05, 4.69) is 26.6 Å². The molecular weight excluding hydrogens is 442 g/mol. The van der Waals surface area contributed by atoms with E-state index in [0.29, 0.717) is 30.8 Å². The van der Waals surface area contributed by atoms with Crippen LogP contribution >= 0.6 is 11.6 Å². The molecule has 4 N–H and O–H groups in total. The zero-order valence-electron chi connectivity index (χ0n) is 18.4. The highest BCUT2D eigenvalue weighted by Crippen LogP contribution is 2.39. The summed E-state index contributed by atoms with van der Waals surface area (Å²) in [6, 6.07) is 15.1. The van der Waals surface area contributed by atoms with E-state index in [1.165, 1.54) is 0 Å². The molecule has 2 aliphatic heterocycles. The minimum absolute atomic E-state index is 0.0322. The minimum atomic E-state index is -0.233. The lowest BCUT2D eigenvalue weighted by Gasteiger charge is -2.46. The van der Waals surface area contributed by atoms with Gasteiger partial charge in [0.2, 0.25) is 11.8 Å². The van der Waals surface area contributed by atoms with Gasteiger partial charge in [0, 0.05) is 23.5 Å². The van der Waals surface area contributed by atoms with E-state index < -0.39 is 0 Å². The van der Waals surface area contributed by atoms with Gasteiger partial charge in [-0.05, 0) is 54.7 Å². The molecule has 3 aliphatic rings. The number of rotatable bonds is 5. The molecule has 0 spiro atoms. The van der Waals surface area contributed by atoms with Crippen molar-refractivity contribution in [3.63, 3.8) is 0 Å². The van der Waals surface area contributed by atoms with Crippen LogP contribution in [0, 0.1) is 11.8 Å². The molecule has 1 aliphatic carbocycles. The van der Waals surface area contributed by atoms with Crippen LogP contribution in [0.4, 0.5) is 0 Å². The summed E-state index contributed by atoms with van der Waals surface area (Å²) in [5.41, 5.74) is 8.63. The molecule has 2 aromatic carbocycles. The quantitative estimate of drug-likeness (QED) is 0.536. The monoisotopic (exact) mass is 469 g/mol. The van der Waals surface area contributed by atoms with Gasteiger partial charge in [0.05, 0.1) is 19.1 Å². The molecule has 3 fully saturated rings. The van der Waals surface area contributed by atoms with Crippen molar-refractivity contribution in [1.82, 2.24) is 26.6 Å². The summed E-state index contributed by atoms with van der Waals surface area (Å²) < 4.78 is 5.25. The Bertz CT molecular complexity index is 1020. The number of hydrazine groups is 2. The Morgan fingerprint density at radius 3 is 2.64 bits per heavy atom. The predicted octanol–water partition coefficient (Wildman–Crippen LogP) is 2.27. The molecular formula is C24H28ClN5O3. The molecule has 2 aromatic rings. The summed E-state index contributed by atoms with van der Waals surface area (Å²) in [7, 11) is 1.64. The van der Waals surface area contributed by atoms with Crippen molar-refractivity contribution in [2.75, 3.05) is 7.11 Å². The van der Waals surface area contributed by atoms with Crippen molar-refractivity contribution in [3.8, 4) is 5.75 Å². The van der Waals surface area contributed by atoms with Gasteiger partial charge >= 0.3 is 0 Å². The zero-order chi connectivity index (χ0) is 22.9. The van der Waals surface area contributed by atoms with Gasteiger partial charge < -0.3 is 15.4 Å². The van der Waals surface area contributed by atoms with Crippen LogP contribution in [-0.2, 0) is 16.1 Å². The number of fused-ring (bicyclic) bond motifs is 3. The summed E-state index contributed by atoms with van der Waals surface area (Å²) in [6.45, 7) is 0.465. The molecule has 1 saturated carbocycles. The molecule has 174 valence electrons. The van der Waals surface area contributed by atoms with Crippen molar-refractivity contribution < 1.29 is 14.3 Å². The van der Waals surface area contributed by atoms with Crippen LogP contribution in [0.15, 0.2) is 48.5 Å². The lowest BCUT2D eigenvalue weighted by atomic mass is 9.75. The lowest BCUT2D eigenvalue weighted by Crippen LogP contribution is -2.65. The minimum Gasteiger partial charge on any atom is -0.497 e. The normalized spacial score (nSPS) is 29.0. The zero-order valence-corrected chi connectivity index (χ0v) is 19.1. The molecule has 0 aromatic heterocycles. The van der Waals surface area contributed by atoms with Gasteiger partial charge in [-0.25, -0.2) is 10.4 Å². The first-order chi connectivity index (χ1) is 16.0. The topological polar surface area (TPSA) is 94.7 Å². The largest absolute Gasteiger partial charge is 0.497 e. The van der Waals surface area contributed by atoms with Crippen LogP contribution in [0.1, 0.15) is 36.4 Å². The summed E-state index contributed by atoms with van der Waals surface area (Å²) in [6.07, 6.45) is 1.79. The Balaban J connectivity index is 1.25. The van der Waals surface area contributed by atoms with Gasteiger partial charge in [-0.2, -0.15) is 5.53 Å². The van der Waals surface area contributed by atoms with Crippen LogP contribution in [0.2, 0.25) is 5.02 Å². The highest BCUT2D eigenvalue weighted by molar-refractivity contribution is 6.30. The van der Waals surface area contributed by atoms with E-state index in [-0.39, 0.29) is 41.9 Å². The predicted molar refractivity (Wildman–Crippen MR) is 124 cm³/mol. The maximum absolute atomic E-state index is 12.9. The maximum atomic E-state index is 12.9. The van der Waals surface area contributed by atoms with Crippen LogP contribution in [0.5, 0.6) is 5.75 Å². The van der Waals surface area contributed by atoms with Crippen molar-refractivity contribution in [2.45, 2.75) is 44.1 Å². The maximum Gasteiger partial charge on any atom is 0.226 e. The van der Waals surface area contributed by atoms with Gasteiger partial charge in [-0.3, -0.25) is 9.59 Å². The van der Waals surface area contributed by atoms with Crippen molar-refractivity contribution >= 4 is 23.4 Å². The van der Waals surface area contributed by atoms with E-state index in [0.717, 1.165) is 16.9 Å². The number of hydrogen-bond donors (Lipinski definition) is 4. The first-order valence-corrected chi connectivity index (χ1v) is 11.7. The van der Waals surface area contributed by atoms with E-state index in [4.69, 9.17) is 16.3 Å². The highest BCUT2D eigenvalue weighted by atomic mass is 35.5. The molecule has 2 saturated heterocycles. The highest BCUT2D eigenvalue weighted by Gasteiger charge is 2.51. The standard InChI is InChI=1S/C24H28ClN5O3/c1-33-18-9-4-15(5-10-18)21-22-27-24(32)19-11-6-16(12-20(19)30(22)29-28-21)23(31)26-13-14-2-7-17(25)8-3-14/h2-5,7-10,16,19-22,28-29H,6,11-13H2,1H3,(H,26,31)(H,27,32). The smallest absolute Gasteiger partial charge is 0.226 e. The Morgan fingerprint density at radius 1 is 1.15 bits per heavy atom. The number of methoxy groups -OCH3 is 1. The molecule has 0 radical (unpaired) electrons. The van der Waals surface area contributed by atoms with E-state index in [1.807, 2.05) is 48.5 Å². The average Bonchev–Trinajstić information content (AvgIpc) is 3.27. The number of hydrogen-bond acceptors (Lipinski definition) is 6. The lowest BCUT2D eigenvalue weighted by molar-refractivity contribution is -0.143. The number of carbonyl (C=O) groups is 2. The Hall–Kier alpha value is -2.65. The molecule has 5 rings (SSSR count). The van der Waals surface area contributed by atoms with Gasteiger partial charge in [-0.15, -0.1) is 0 Å². The van der Waals surface area contributed by atoms with E-state index in [1.54, 1.807) is 7.11 Å². The third kappa shape index (κ3) is 4.44. The van der Waals surface area contributed by atoms with Gasteiger partial charge in [0.1, 0.15) is 11.9 Å². The summed E-state index contributed by atoms with van der Waals surface area (Å²) in [5.74, 6) is 0.613. The Labute approximate surface area is 197 Å². The number of ether oxygens (including phenoxy) is 1. The van der Waals surface area contributed by atoms with Crippen LogP contribution in [0.25, 0.3) is 0 Å². The summed E-state index contributed by atoms with van der Waals surface area (Å²) in [5, 5.41) is 8.98. The fourth-order valence-electron chi connectivity index (χ4n) is 5.16. The molecule has 2 heterocycles. The summed E-state index contributed by atoms with van der Waals surface area (Å²) in [4.78, 5) is 25.9. The van der Waals surface area contributed by atoms with Gasteiger partial charge in [0.25, 0.3) is 0 Å². The van der Waals surface area contributed by atoms with E-state index in [9.17, 15) is 9.59 Å². The third-order valence-electron chi connectivity index (χ3n) is 6.99. The van der Waals surface area contributed by atoms with Crippen LogP contribution < -0.4 is 26.3 Å². The second-order valence-electron chi connectivity index (χ2n) is 8.90. The van der Waals surface area contributed by atoms with Crippen molar-refractivity contribution in [3.05, 3.63) is 64.7 Å². The number of halogens is 1.